The fourth-order valence-electron chi connectivity index (χ4n) is 6.04. The second-order valence-electron chi connectivity index (χ2n) is 10.8. The van der Waals surface area contributed by atoms with E-state index in [0.717, 1.165) is 17.7 Å². The number of aromatic nitrogens is 1. The molecule has 232 valence electrons. The van der Waals surface area contributed by atoms with E-state index in [2.05, 4.69) is 20.4 Å². The average Bonchev–Trinajstić information content (AvgIpc) is 3.60. The van der Waals surface area contributed by atoms with E-state index < -0.39 is 47.8 Å². The van der Waals surface area contributed by atoms with Crippen LogP contribution in [-0.4, -0.2) is 42.2 Å². The van der Waals surface area contributed by atoms with Crippen LogP contribution in [0.2, 0.25) is 5.02 Å². The van der Waals surface area contributed by atoms with E-state index in [9.17, 15) is 27.2 Å². The maximum atomic E-state index is 13.9. The minimum absolute atomic E-state index is 0.0719. The molecule has 0 radical (unpaired) electrons. The summed E-state index contributed by atoms with van der Waals surface area (Å²) in [5.74, 6) is -1.70. The predicted octanol–water partition coefficient (Wildman–Crippen LogP) is 6.51. The van der Waals surface area contributed by atoms with Crippen molar-refractivity contribution in [2.24, 2.45) is 17.8 Å². The van der Waals surface area contributed by atoms with Crippen LogP contribution in [0.1, 0.15) is 30.2 Å². The Morgan fingerprint density at radius 3 is 2.48 bits per heavy atom. The number of hydrogen-bond donors (Lipinski definition) is 2. The Bertz CT molecular complexity index is 1510. The van der Waals surface area contributed by atoms with E-state index >= 15 is 0 Å². The molecule has 2 aromatic carbocycles. The quantitative estimate of drug-likeness (QED) is 0.143. The molecule has 0 spiro atoms. The van der Waals surface area contributed by atoms with E-state index in [0.29, 0.717) is 11.4 Å². The van der Waals surface area contributed by atoms with Crippen LogP contribution in [0.3, 0.4) is 0 Å². The molecular weight excluding hydrogens is 602 g/mol. The van der Waals surface area contributed by atoms with E-state index in [1.165, 1.54) is 12.3 Å². The van der Waals surface area contributed by atoms with Gasteiger partial charge in [-0.25, -0.2) is 4.79 Å². The Morgan fingerprint density at radius 2 is 1.80 bits per heavy atom. The summed E-state index contributed by atoms with van der Waals surface area (Å²) in [6, 6.07) is 16.1. The lowest BCUT2D eigenvalue weighted by molar-refractivity contribution is -0.253. The van der Waals surface area contributed by atoms with Crippen LogP contribution in [0, 0.1) is 17.8 Å². The standard InChI is InChI=1S/C32H30ClF4N3O4/c1-2-43-28(41)26-20-11-12-21(15-20)27(26)39-30(42)40-31(17-19-7-4-3-5-8-19,25-14-13-23(33)18-38-25)22-9-6-10-24(16-22)44-32(36,37)29(34)35/h3-14,16,18,20-21,26-27,29H,2,15,17H2,1H3,(H2,39,40,42)/t20-,21+,26+,27-,31+/m1/s1. The van der Waals surface area contributed by atoms with Gasteiger partial charge in [0.15, 0.2) is 0 Å². The summed E-state index contributed by atoms with van der Waals surface area (Å²) in [6.07, 6.45) is -2.76. The van der Waals surface area contributed by atoms with Crippen molar-refractivity contribution in [1.82, 2.24) is 15.6 Å². The number of carbonyl (C=O) groups excluding carboxylic acids is 2. The normalized spacial score (nSPS) is 22.0. The van der Waals surface area contributed by atoms with Gasteiger partial charge in [-0.1, -0.05) is 66.2 Å². The predicted molar refractivity (Wildman–Crippen MR) is 155 cm³/mol. The van der Waals surface area contributed by atoms with Gasteiger partial charge >= 0.3 is 24.5 Å². The smallest absolute Gasteiger partial charge is 0.461 e. The number of nitrogens with one attached hydrogen (secondary N) is 2. The van der Waals surface area contributed by atoms with Crippen molar-refractivity contribution in [2.75, 3.05) is 6.61 Å². The molecule has 5 atom stereocenters. The number of carbonyl (C=O) groups is 2. The first-order chi connectivity index (χ1) is 21.0. The number of amides is 2. The van der Waals surface area contributed by atoms with E-state index in [1.54, 1.807) is 37.3 Å². The summed E-state index contributed by atoms with van der Waals surface area (Å²) < 4.78 is 63.5. The summed E-state index contributed by atoms with van der Waals surface area (Å²) in [7, 11) is 0. The molecule has 2 N–H and O–H groups in total. The van der Waals surface area contributed by atoms with Crippen LogP contribution in [-0.2, 0) is 21.5 Å². The number of esters is 1. The fourth-order valence-corrected chi connectivity index (χ4v) is 6.15. The third-order valence-corrected chi connectivity index (χ3v) is 8.18. The van der Waals surface area contributed by atoms with Crippen molar-refractivity contribution in [3.05, 3.63) is 107 Å². The lowest BCUT2D eigenvalue weighted by atomic mass is 9.80. The SMILES string of the molecule is CCOC(=O)[C@@H]1[C@H](NC(=O)N[C@@](Cc2ccccc2)(c2cccc(OC(F)(F)C(F)F)c2)c2ccc(Cl)cn2)[C@H]2C=C[C@@H]1C2. The molecule has 44 heavy (non-hydrogen) atoms. The van der Waals surface area contributed by atoms with Crippen molar-refractivity contribution >= 4 is 23.6 Å². The second kappa shape index (κ2) is 12.9. The largest absolute Gasteiger partial charge is 0.466 e. The maximum Gasteiger partial charge on any atom is 0.461 e. The Hall–Kier alpha value is -4.12. The van der Waals surface area contributed by atoms with E-state index in [1.807, 2.05) is 30.4 Å². The minimum Gasteiger partial charge on any atom is -0.466 e. The number of alkyl halides is 4. The van der Waals surface area contributed by atoms with Gasteiger partial charge in [0.2, 0.25) is 0 Å². The number of pyridine rings is 1. The molecular formula is C32H30ClF4N3O4. The molecule has 2 amide bonds. The highest BCUT2D eigenvalue weighted by atomic mass is 35.5. The highest BCUT2D eigenvalue weighted by Crippen LogP contribution is 2.44. The van der Waals surface area contributed by atoms with Crippen molar-refractivity contribution in [1.29, 1.82) is 0 Å². The molecule has 2 aliphatic rings. The minimum atomic E-state index is -4.75. The summed E-state index contributed by atoms with van der Waals surface area (Å²) in [5.41, 5.74) is -0.291. The Labute approximate surface area is 256 Å². The molecule has 0 saturated heterocycles. The summed E-state index contributed by atoms with van der Waals surface area (Å²) >= 11 is 6.14. The van der Waals surface area contributed by atoms with Crippen molar-refractivity contribution in [2.45, 2.75) is 43.9 Å². The molecule has 1 heterocycles. The van der Waals surface area contributed by atoms with Crippen molar-refractivity contribution in [3.8, 4) is 5.75 Å². The number of urea groups is 1. The Morgan fingerprint density at radius 1 is 1.05 bits per heavy atom. The third kappa shape index (κ3) is 6.52. The van der Waals surface area contributed by atoms with E-state index in [-0.39, 0.29) is 36.1 Å². The van der Waals surface area contributed by atoms with E-state index in [4.69, 9.17) is 16.3 Å². The molecule has 0 unspecified atom stereocenters. The molecule has 5 rings (SSSR count). The summed E-state index contributed by atoms with van der Waals surface area (Å²) in [6.45, 7) is 1.91. The number of hydrogen-bond acceptors (Lipinski definition) is 5. The summed E-state index contributed by atoms with van der Waals surface area (Å²) in [5, 5.41) is 6.26. The fraction of sp³-hybridized carbons (Fsp3) is 0.344. The first-order valence-corrected chi connectivity index (χ1v) is 14.5. The highest BCUT2D eigenvalue weighted by molar-refractivity contribution is 6.30. The Balaban J connectivity index is 1.57. The molecule has 2 aliphatic carbocycles. The zero-order valence-corrected chi connectivity index (χ0v) is 24.3. The number of fused-ring (bicyclic) bond motifs is 2. The number of benzene rings is 2. The van der Waals surface area contributed by atoms with Gasteiger partial charge in [0.25, 0.3) is 0 Å². The zero-order valence-electron chi connectivity index (χ0n) is 23.6. The summed E-state index contributed by atoms with van der Waals surface area (Å²) in [4.78, 5) is 31.2. The lowest BCUT2D eigenvalue weighted by Gasteiger charge is -2.37. The molecule has 1 saturated carbocycles. The number of halogens is 5. The van der Waals surface area contributed by atoms with Gasteiger partial charge in [0.05, 0.1) is 29.3 Å². The molecule has 2 bridgehead atoms. The van der Waals surface area contributed by atoms with Crippen LogP contribution in [0.15, 0.2) is 85.1 Å². The van der Waals surface area contributed by atoms with Gasteiger partial charge < -0.3 is 20.1 Å². The number of allylic oxidation sites excluding steroid dienone is 1. The molecule has 0 aliphatic heterocycles. The molecule has 1 aromatic heterocycles. The van der Waals surface area contributed by atoms with Crippen LogP contribution in [0.25, 0.3) is 0 Å². The van der Waals surface area contributed by atoms with Crippen LogP contribution in [0.5, 0.6) is 5.75 Å². The first-order valence-electron chi connectivity index (χ1n) is 14.1. The monoisotopic (exact) mass is 631 g/mol. The molecule has 3 aromatic rings. The van der Waals surface area contributed by atoms with Crippen LogP contribution < -0.4 is 15.4 Å². The van der Waals surface area contributed by atoms with Crippen molar-refractivity contribution in [3.63, 3.8) is 0 Å². The second-order valence-corrected chi connectivity index (χ2v) is 11.2. The molecule has 1 fully saturated rings. The zero-order chi connectivity index (χ0) is 31.5. The number of ether oxygens (including phenoxy) is 2. The first kappa shape index (κ1) is 31.3. The number of nitrogens with zero attached hydrogens (tertiary/aromatic N) is 1. The van der Waals surface area contributed by atoms with Gasteiger partial charge in [0.1, 0.15) is 11.3 Å². The van der Waals surface area contributed by atoms with Crippen molar-refractivity contribution < 1.29 is 36.6 Å². The van der Waals surface area contributed by atoms with Gasteiger partial charge in [0, 0.05) is 12.6 Å². The lowest BCUT2D eigenvalue weighted by Crippen LogP contribution is -2.56. The maximum absolute atomic E-state index is 13.9. The topological polar surface area (TPSA) is 89.5 Å². The van der Waals surface area contributed by atoms with Crippen LogP contribution >= 0.6 is 11.6 Å². The molecule has 12 heteroatoms. The average molecular weight is 632 g/mol. The highest BCUT2D eigenvalue weighted by Gasteiger charge is 2.50. The van der Waals surface area contributed by atoms with Gasteiger partial charge in [-0.05, 0) is 60.6 Å². The number of rotatable bonds is 11. The van der Waals surface area contributed by atoms with Gasteiger partial charge in [-0.3, -0.25) is 9.78 Å². The van der Waals surface area contributed by atoms with Gasteiger partial charge in [-0.15, -0.1) is 0 Å². The Kier molecular flexibility index (Phi) is 9.15. The third-order valence-electron chi connectivity index (χ3n) is 7.95. The van der Waals surface area contributed by atoms with Crippen LogP contribution in [0.4, 0.5) is 22.4 Å². The molecule has 7 nitrogen and oxygen atoms in total. The van der Waals surface area contributed by atoms with Gasteiger partial charge in [-0.2, -0.15) is 17.6 Å².